The molecule has 0 aromatic carbocycles. The van der Waals surface area contributed by atoms with Crippen LogP contribution in [0.3, 0.4) is 0 Å². The molecule has 0 amide bonds. The fourth-order valence-corrected chi connectivity index (χ4v) is 1.05. The number of carboxylic acids is 1. The Labute approximate surface area is 76.2 Å². The first kappa shape index (κ1) is 9.73. The number of aryl methyl sites for hydroxylation is 1. The van der Waals surface area contributed by atoms with Crippen LogP contribution < -0.4 is 5.73 Å². The zero-order valence-electron chi connectivity index (χ0n) is 7.47. The van der Waals surface area contributed by atoms with Crippen LogP contribution in [-0.4, -0.2) is 20.9 Å². The lowest BCUT2D eigenvalue weighted by Gasteiger charge is -2.04. The molecule has 13 heavy (non-hydrogen) atoms. The Morgan fingerprint density at radius 3 is 3.00 bits per heavy atom. The van der Waals surface area contributed by atoms with Crippen molar-refractivity contribution in [3.05, 3.63) is 18.0 Å². The summed E-state index contributed by atoms with van der Waals surface area (Å²) in [6.07, 6.45) is 3.32. The Morgan fingerprint density at radius 2 is 2.54 bits per heavy atom. The summed E-state index contributed by atoms with van der Waals surface area (Å²) in [5, 5.41) is 12.5. The van der Waals surface area contributed by atoms with Gasteiger partial charge in [-0.3, -0.25) is 9.48 Å². The van der Waals surface area contributed by atoms with E-state index in [0.717, 1.165) is 12.1 Å². The van der Waals surface area contributed by atoms with Crippen LogP contribution in [0.15, 0.2) is 12.4 Å². The van der Waals surface area contributed by atoms with Gasteiger partial charge in [-0.2, -0.15) is 5.10 Å². The molecule has 0 aliphatic carbocycles. The smallest absolute Gasteiger partial charge is 0.305 e. The molecule has 1 aromatic rings. The molecule has 0 saturated heterocycles. The third kappa shape index (κ3) is 2.55. The zero-order valence-corrected chi connectivity index (χ0v) is 7.47. The van der Waals surface area contributed by atoms with E-state index in [1.54, 1.807) is 17.1 Å². The number of aromatic nitrogens is 2. The number of aliphatic carboxylic acids is 1. The predicted octanol–water partition coefficient (Wildman–Crippen LogP) is 0.377. The summed E-state index contributed by atoms with van der Waals surface area (Å²) in [5.41, 5.74) is 6.40. The van der Waals surface area contributed by atoms with Crippen molar-refractivity contribution in [2.75, 3.05) is 0 Å². The molecular weight excluding hydrogens is 170 g/mol. The van der Waals surface area contributed by atoms with Gasteiger partial charge in [-0.1, -0.05) is 0 Å². The SMILES string of the molecule is CCn1cc([C@H](N)CC(=O)O)cn1. The van der Waals surface area contributed by atoms with Gasteiger partial charge in [0, 0.05) is 24.3 Å². The van der Waals surface area contributed by atoms with E-state index in [1.807, 2.05) is 6.92 Å². The largest absolute Gasteiger partial charge is 0.481 e. The van der Waals surface area contributed by atoms with Crippen LogP contribution >= 0.6 is 0 Å². The van der Waals surface area contributed by atoms with Gasteiger partial charge in [0.1, 0.15) is 0 Å². The molecule has 5 nitrogen and oxygen atoms in total. The van der Waals surface area contributed by atoms with Gasteiger partial charge >= 0.3 is 5.97 Å². The highest BCUT2D eigenvalue weighted by Gasteiger charge is 2.11. The summed E-state index contributed by atoms with van der Waals surface area (Å²) in [4.78, 5) is 10.4. The highest BCUT2D eigenvalue weighted by molar-refractivity contribution is 5.67. The number of hydrogen-bond acceptors (Lipinski definition) is 3. The van der Waals surface area contributed by atoms with Crippen molar-refractivity contribution in [1.82, 2.24) is 9.78 Å². The van der Waals surface area contributed by atoms with Gasteiger partial charge in [0.15, 0.2) is 0 Å². The summed E-state index contributed by atoms with van der Waals surface area (Å²) in [7, 11) is 0. The Kier molecular flexibility index (Phi) is 3.02. The molecule has 0 spiro atoms. The summed E-state index contributed by atoms with van der Waals surface area (Å²) < 4.78 is 1.72. The summed E-state index contributed by atoms with van der Waals surface area (Å²) >= 11 is 0. The molecule has 5 heteroatoms. The maximum Gasteiger partial charge on any atom is 0.305 e. The molecule has 0 saturated carbocycles. The first-order valence-corrected chi connectivity index (χ1v) is 4.13. The average Bonchev–Trinajstić information content (AvgIpc) is 2.50. The normalized spacial score (nSPS) is 12.8. The standard InChI is InChI=1S/C8H13N3O2/c1-2-11-5-6(4-10-11)7(9)3-8(12)13/h4-5,7H,2-3,9H2,1H3,(H,12,13)/t7-/m1/s1. The summed E-state index contributed by atoms with van der Waals surface area (Å²) in [5.74, 6) is -0.892. The number of carbonyl (C=O) groups is 1. The highest BCUT2D eigenvalue weighted by atomic mass is 16.4. The Hall–Kier alpha value is -1.36. The monoisotopic (exact) mass is 183 g/mol. The van der Waals surface area contributed by atoms with Crippen LogP contribution in [0, 0.1) is 0 Å². The van der Waals surface area contributed by atoms with E-state index in [0.29, 0.717) is 0 Å². The van der Waals surface area contributed by atoms with Crippen LogP contribution in [0.25, 0.3) is 0 Å². The minimum atomic E-state index is -0.892. The third-order valence-electron chi connectivity index (χ3n) is 1.80. The number of rotatable bonds is 4. The number of carboxylic acid groups (broad SMARTS) is 1. The first-order chi connectivity index (χ1) is 6.13. The zero-order chi connectivity index (χ0) is 9.84. The highest BCUT2D eigenvalue weighted by Crippen LogP contribution is 2.12. The molecule has 0 radical (unpaired) electrons. The van der Waals surface area contributed by atoms with Crippen LogP contribution in [0.1, 0.15) is 24.9 Å². The Balaban J connectivity index is 2.65. The number of hydrogen-bond donors (Lipinski definition) is 2. The van der Waals surface area contributed by atoms with Gasteiger partial charge in [0.2, 0.25) is 0 Å². The maximum atomic E-state index is 10.4. The second kappa shape index (κ2) is 4.04. The molecular formula is C8H13N3O2. The first-order valence-electron chi connectivity index (χ1n) is 4.13. The second-order valence-electron chi connectivity index (χ2n) is 2.83. The van der Waals surface area contributed by atoms with E-state index in [9.17, 15) is 4.79 Å². The molecule has 0 aliphatic heterocycles. The lowest BCUT2D eigenvalue weighted by atomic mass is 10.1. The minimum Gasteiger partial charge on any atom is -0.481 e. The van der Waals surface area contributed by atoms with Gasteiger partial charge in [0.25, 0.3) is 0 Å². The number of nitrogens with zero attached hydrogens (tertiary/aromatic N) is 2. The fraction of sp³-hybridized carbons (Fsp3) is 0.500. The van der Waals surface area contributed by atoms with E-state index < -0.39 is 12.0 Å². The molecule has 3 N–H and O–H groups in total. The van der Waals surface area contributed by atoms with Crippen LogP contribution in [-0.2, 0) is 11.3 Å². The van der Waals surface area contributed by atoms with E-state index in [1.165, 1.54) is 0 Å². The van der Waals surface area contributed by atoms with Crippen molar-refractivity contribution in [2.45, 2.75) is 25.9 Å². The van der Waals surface area contributed by atoms with Gasteiger partial charge in [0.05, 0.1) is 12.6 Å². The minimum absolute atomic E-state index is 0.0601. The Bertz CT molecular complexity index is 295. The topological polar surface area (TPSA) is 81.1 Å². The molecule has 0 fully saturated rings. The fourth-order valence-electron chi connectivity index (χ4n) is 1.05. The third-order valence-corrected chi connectivity index (χ3v) is 1.80. The molecule has 0 aliphatic rings. The van der Waals surface area contributed by atoms with Crippen molar-refractivity contribution >= 4 is 5.97 Å². The molecule has 0 bridgehead atoms. The Morgan fingerprint density at radius 1 is 1.85 bits per heavy atom. The summed E-state index contributed by atoms with van der Waals surface area (Å²) in [6.45, 7) is 2.72. The predicted molar refractivity (Wildman–Crippen MR) is 47.1 cm³/mol. The van der Waals surface area contributed by atoms with Crippen molar-refractivity contribution < 1.29 is 9.90 Å². The van der Waals surface area contributed by atoms with Crippen molar-refractivity contribution in [3.8, 4) is 0 Å². The van der Waals surface area contributed by atoms with Gasteiger partial charge in [-0.05, 0) is 6.92 Å². The second-order valence-corrected chi connectivity index (χ2v) is 2.83. The lowest BCUT2D eigenvalue weighted by Crippen LogP contribution is -2.14. The maximum absolute atomic E-state index is 10.4. The lowest BCUT2D eigenvalue weighted by molar-refractivity contribution is -0.137. The van der Waals surface area contributed by atoms with Crippen LogP contribution in [0.2, 0.25) is 0 Å². The van der Waals surface area contributed by atoms with Crippen molar-refractivity contribution in [1.29, 1.82) is 0 Å². The van der Waals surface area contributed by atoms with Crippen LogP contribution in [0.4, 0.5) is 0 Å². The molecule has 0 unspecified atom stereocenters. The van der Waals surface area contributed by atoms with Crippen molar-refractivity contribution in [2.24, 2.45) is 5.73 Å². The molecule has 1 aromatic heterocycles. The molecule has 1 rings (SSSR count). The van der Waals surface area contributed by atoms with Gasteiger partial charge in [-0.25, -0.2) is 0 Å². The molecule has 1 heterocycles. The van der Waals surface area contributed by atoms with Gasteiger partial charge in [-0.15, -0.1) is 0 Å². The molecule has 72 valence electrons. The van der Waals surface area contributed by atoms with E-state index in [-0.39, 0.29) is 6.42 Å². The van der Waals surface area contributed by atoms with Crippen LogP contribution in [0.5, 0.6) is 0 Å². The van der Waals surface area contributed by atoms with E-state index in [4.69, 9.17) is 10.8 Å². The molecule has 1 atom stereocenters. The average molecular weight is 183 g/mol. The van der Waals surface area contributed by atoms with Crippen molar-refractivity contribution in [3.63, 3.8) is 0 Å². The summed E-state index contributed by atoms with van der Waals surface area (Å²) in [6, 6.07) is -0.460. The van der Waals surface area contributed by atoms with Gasteiger partial charge < -0.3 is 10.8 Å². The van der Waals surface area contributed by atoms with E-state index in [2.05, 4.69) is 5.10 Å². The quantitative estimate of drug-likeness (QED) is 0.707. The van der Waals surface area contributed by atoms with E-state index >= 15 is 0 Å². The number of nitrogens with two attached hydrogens (primary N) is 1.